The Hall–Kier alpha value is -3.28. The molecule has 1 aromatic carbocycles. The van der Waals surface area contributed by atoms with E-state index in [0.29, 0.717) is 23.1 Å². The SMILES string of the molecule is C[C@@H](CO)Nc1nc(NNc2ccc(S(=O)(=O)O)cc2)cc(-c2cccnc2)n1. The van der Waals surface area contributed by atoms with E-state index in [4.69, 9.17) is 4.55 Å². The molecule has 29 heavy (non-hydrogen) atoms. The lowest BCUT2D eigenvalue weighted by Gasteiger charge is -2.15. The molecule has 3 aromatic rings. The second kappa shape index (κ2) is 8.82. The third-order valence-corrected chi connectivity index (χ3v) is 4.69. The monoisotopic (exact) mass is 416 g/mol. The maximum Gasteiger partial charge on any atom is 0.294 e. The molecule has 0 aliphatic carbocycles. The summed E-state index contributed by atoms with van der Waals surface area (Å²) in [6.45, 7) is 1.71. The molecule has 0 radical (unpaired) electrons. The van der Waals surface area contributed by atoms with Crippen molar-refractivity contribution in [1.82, 2.24) is 15.0 Å². The molecule has 5 N–H and O–H groups in total. The highest BCUT2D eigenvalue weighted by molar-refractivity contribution is 7.85. The Balaban J connectivity index is 1.82. The number of benzene rings is 1. The fourth-order valence-corrected chi connectivity index (χ4v) is 2.83. The lowest BCUT2D eigenvalue weighted by molar-refractivity contribution is 0.281. The predicted molar refractivity (Wildman–Crippen MR) is 109 cm³/mol. The van der Waals surface area contributed by atoms with Gasteiger partial charge in [0.15, 0.2) is 5.82 Å². The van der Waals surface area contributed by atoms with Gasteiger partial charge in [-0.05, 0) is 43.3 Å². The van der Waals surface area contributed by atoms with E-state index in [-0.39, 0.29) is 17.5 Å². The van der Waals surface area contributed by atoms with Gasteiger partial charge in [-0.1, -0.05) is 0 Å². The van der Waals surface area contributed by atoms with Gasteiger partial charge in [-0.15, -0.1) is 0 Å². The molecule has 0 saturated heterocycles. The van der Waals surface area contributed by atoms with E-state index in [1.165, 1.54) is 24.3 Å². The van der Waals surface area contributed by atoms with E-state index in [1.54, 1.807) is 31.5 Å². The Labute approximate surface area is 167 Å². The molecule has 0 saturated carbocycles. The first-order valence-corrected chi connectivity index (χ1v) is 10.1. The summed E-state index contributed by atoms with van der Waals surface area (Å²) in [6, 6.07) is 10.7. The number of nitrogens with one attached hydrogen (secondary N) is 3. The van der Waals surface area contributed by atoms with Gasteiger partial charge in [0, 0.05) is 30.1 Å². The first kappa shape index (κ1) is 20.5. The Kier molecular flexibility index (Phi) is 6.22. The van der Waals surface area contributed by atoms with Gasteiger partial charge in [0.2, 0.25) is 5.95 Å². The highest BCUT2D eigenvalue weighted by Gasteiger charge is 2.10. The number of pyridine rings is 1. The molecule has 152 valence electrons. The summed E-state index contributed by atoms with van der Waals surface area (Å²) in [6.07, 6.45) is 3.33. The van der Waals surface area contributed by atoms with Gasteiger partial charge >= 0.3 is 0 Å². The summed E-state index contributed by atoms with van der Waals surface area (Å²) in [5.74, 6) is 0.754. The number of nitrogens with zero attached hydrogens (tertiary/aromatic N) is 3. The largest absolute Gasteiger partial charge is 0.394 e. The van der Waals surface area contributed by atoms with E-state index in [9.17, 15) is 13.5 Å². The molecule has 11 heteroatoms. The Bertz CT molecular complexity index is 1060. The van der Waals surface area contributed by atoms with Crippen molar-refractivity contribution in [3.8, 4) is 11.3 Å². The average Bonchev–Trinajstić information content (AvgIpc) is 2.72. The number of hydrogen-bond acceptors (Lipinski definition) is 9. The lowest BCUT2D eigenvalue weighted by atomic mass is 10.2. The van der Waals surface area contributed by atoms with Crippen molar-refractivity contribution in [3.05, 3.63) is 54.9 Å². The summed E-state index contributed by atoms with van der Waals surface area (Å²) in [7, 11) is -4.25. The molecule has 0 bridgehead atoms. The van der Waals surface area contributed by atoms with Crippen LogP contribution in [0.3, 0.4) is 0 Å². The highest BCUT2D eigenvalue weighted by atomic mass is 32.2. The van der Waals surface area contributed by atoms with Crippen LogP contribution in [0.5, 0.6) is 0 Å². The van der Waals surface area contributed by atoms with Gasteiger partial charge in [0.25, 0.3) is 10.1 Å². The molecule has 0 aliphatic heterocycles. The zero-order chi connectivity index (χ0) is 20.9. The minimum Gasteiger partial charge on any atom is -0.394 e. The molecule has 10 nitrogen and oxygen atoms in total. The van der Waals surface area contributed by atoms with Crippen LogP contribution in [0.2, 0.25) is 0 Å². The molecule has 0 aliphatic rings. The molecular weight excluding hydrogens is 396 g/mol. The molecule has 0 spiro atoms. The van der Waals surface area contributed by atoms with E-state index in [0.717, 1.165) is 5.56 Å². The van der Waals surface area contributed by atoms with Gasteiger partial charge in [-0.2, -0.15) is 13.4 Å². The average molecular weight is 416 g/mol. The topological polar surface area (TPSA) is 149 Å². The quantitative estimate of drug-likeness (QED) is 0.273. The standard InChI is InChI=1S/C18H20N6O4S/c1-12(11-25)20-18-21-16(13-3-2-8-19-10-13)9-17(22-18)24-23-14-4-6-15(7-5-14)29(26,27)28/h2-10,12,23,25H,11H2,1H3,(H,26,27,28)(H2,20,21,22,24)/t12-/m0/s1. The number of aliphatic hydroxyl groups is 1. The maximum atomic E-state index is 11.1. The molecule has 0 amide bonds. The molecule has 1 atom stereocenters. The molecule has 0 unspecified atom stereocenters. The van der Waals surface area contributed by atoms with Gasteiger partial charge in [-0.25, -0.2) is 4.98 Å². The van der Waals surface area contributed by atoms with Crippen molar-refractivity contribution in [3.63, 3.8) is 0 Å². The molecular formula is C18H20N6O4S. The van der Waals surface area contributed by atoms with Crippen LogP contribution in [-0.2, 0) is 10.1 Å². The van der Waals surface area contributed by atoms with Crippen LogP contribution in [-0.4, -0.2) is 45.7 Å². The molecule has 3 rings (SSSR count). The van der Waals surface area contributed by atoms with Crippen LogP contribution in [0.1, 0.15) is 6.92 Å². The number of anilines is 3. The minimum atomic E-state index is -4.25. The van der Waals surface area contributed by atoms with Crippen LogP contribution >= 0.6 is 0 Å². The normalized spacial score (nSPS) is 12.2. The summed E-state index contributed by atoms with van der Waals surface area (Å²) in [5, 5.41) is 12.3. The van der Waals surface area contributed by atoms with Crippen molar-refractivity contribution in [2.75, 3.05) is 22.8 Å². The first-order valence-electron chi connectivity index (χ1n) is 8.61. The zero-order valence-corrected chi connectivity index (χ0v) is 16.3. The number of hydrogen-bond donors (Lipinski definition) is 5. The molecule has 0 fully saturated rings. The van der Waals surface area contributed by atoms with Crippen molar-refractivity contribution >= 4 is 27.6 Å². The van der Waals surface area contributed by atoms with E-state index in [2.05, 4.69) is 31.1 Å². The summed E-state index contributed by atoms with van der Waals surface area (Å²) >= 11 is 0. The first-order chi connectivity index (χ1) is 13.8. The van der Waals surface area contributed by atoms with Crippen molar-refractivity contribution in [2.24, 2.45) is 0 Å². The van der Waals surface area contributed by atoms with E-state index in [1.807, 2.05) is 6.07 Å². The second-order valence-corrected chi connectivity index (χ2v) is 7.60. The number of aromatic nitrogens is 3. The van der Waals surface area contributed by atoms with Crippen molar-refractivity contribution in [2.45, 2.75) is 17.9 Å². The number of aliphatic hydroxyl groups excluding tert-OH is 1. The third-order valence-electron chi connectivity index (χ3n) is 3.82. The van der Waals surface area contributed by atoms with E-state index >= 15 is 0 Å². The van der Waals surface area contributed by atoms with Crippen LogP contribution in [0.25, 0.3) is 11.3 Å². The summed E-state index contributed by atoms with van der Waals surface area (Å²) in [5.41, 5.74) is 7.79. The Morgan fingerprint density at radius 1 is 1.10 bits per heavy atom. The minimum absolute atomic E-state index is 0.0817. The number of rotatable bonds is 8. The Morgan fingerprint density at radius 3 is 2.48 bits per heavy atom. The van der Waals surface area contributed by atoms with Crippen molar-refractivity contribution in [1.29, 1.82) is 0 Å². The van der Waals surface area contributed by atoms with Gasteiger partial charge in [0.1, 0.15) is 0 Å². The molecule has 2 aromatic heterocycles. The smallest absolute Gasteiger partial charge is 0.294 e. The van der Waals surface area contributed by atoms with E-state index < -0.39 is 10.1 Å². The Morgan fingerprint density at radius 2 is 1.86 bits per heavy atom. The summed E-state index contributed by atoms with van der Waals surface area (Å²) in [4.78, 5) is 12.7. The summed E-state index contributed by atoms with van der Waals surface area (Å²) < 4.78 is 31.3. The number of hydrazine groups is 1. The fraction of sp³-hybridized carbons (Fsp3) is 0.167. The van der Waals surface area contributed by atoms with Crippen LogP contribution < -0.4 is 16.2 Å². The maximum absolute atomic E-state index is 11.1. The third kappa shape index (κ3) is 5.60. The van der Waals surface area contributed by atoms with Crippen LogP contribution in [0.4, 0.5) is 17.5 Å². The van der Waals surface area contributed by atoms with Crippen molar-refractivity contribution < 1.29 is 18.1 Å². The van der Waals surface area contributed by atoms with Gasteiger partial charge < -0.3 is 10.4 Å². The predicted octanol–water partition coefficient (Wildman–Crippen LogP) is 2.02. The lowest BCUT2D eigenvalue weighted by Crippen LogP contribution is -2.21. The zero-order valence-electron chi connectivity index (χ0n) is 15.4. The molecule has 2 heterocycles. The fourth-order valence-electron chi connectivity index (χ4n) is 2.35. The van der Waals surface area contributed by atoms with Gasteiger partial charge in [-0.3, -0.25) is 20.4 Å². The second-order valence-electron chi connectivity index (χ2n) is 6.18. The highest BCUT2D eigenvalue weighted by Crippen LogP contribution is 2.21. The van der Waals surface area contributed by atoms with Crippen LogP contribution in [0.15, 0.2) is 59.8 Å². The van der Waals surface area contributed by atoms with Gasteiger partial charge in [0.05, 0.1) is 22.9 Å². The van der Waals surface area contributed by atoms with Crippen LogP contribution in [0, 0.1) is 0 Å².